The molecule has 1 saturated carbocycles. The van der Waals surface area contributed by atoms with Crippen molar-refractivity contribution in [2.24, 2.45) is 10.8 Å². The summed E-state index contributed by atoms with van der Waals surface area (Å²) in [5.41, 5.74) is 1.04. The Kier molecular flexibility index (Phi) is 3.95. The third kappa shape index (κ3) is 3.05. The second kappa shape index (κ2) is 5.94. The van der Waals surface area contributed by atoms with Crippen molar-refractivity contribution in [2.75, 3.05) is 24.6 Å². The maximum Gasteiger partial charge on any atom is 0.433 e. The molecule has 0 unspecified atom stereocenters. The number of hydrogen-bond acceptors (Lipinski definition) is 4. The maximum atomic E-state index is 12.6. The topological polar surface area (TPSA) is 49.3 Å². The van der Waals surface area contributed by atoms with Crippen LogP contribution in [-0.4, -0.2) is 34.8 Å². The first-order valence-corrected chi connectivity index (χ1v) is 8.61. The number of aliphatic hydroxyl groups is 1. The molecule has 0 radical (unpaired) electrons. The number of rotatable bonds is 4. The number of hydrogen-bond donors (Lipinski definition) is 1. The first-order valence-electron chi connectivity index (χ1n) is 8.61. The maximum absolute atomic E-state index is 12.6. The Morgan fingerprint density at radius 3 is 2.42 bits per heavy atom. The molecule has 1 spiro atoms. The number of nitrogens with zero attached hydrogens (tertiary/aromatic N) is 3. The van der Waals surface area contributed by atoms with Gasteiger partial charge in [-0.25, -0.2) is 4.98 Å². The van der Waals surface area contributed by atoms with Crippen LogP contribution in [0, 0.1) is 10.8 Å². The van der Waals surface area contributed by atoms with E-state index in [1.54, 1.807) is 6.20 Å². The predicted molar refractivity (Wildman–Crippen MR) is 90.6 cm³/mol. The van der Waals surface area contributed by atoms with E-state index in [2.05, 4.69) is 14.9 Å². The van der Waals surface area contributed by atoms with Gasteiger partial charge in [0.25, 0.3) is 0 Å². The molecule has 0 aromatic carbocycles. The molecule has 2 fully saturated rings. The van der Waals surface area contributed by atoms with Crippen molar-refractivity contribution in [3.63, 3.8) is 0 Å². The Morgan fingerprint density at radius 2 is 1.88 bits per heavy atom. The van der Waals surface area contributed by atoms with Crippen LogP contribution in [0.15, 0.2) is 42.9 Å². The van der Waals surface area contributed by atoms with Crippen LogP contribution in [0.25, 0.3) is 0 Å². The standard InChI is InChI=1S/C19H20F3N3O/c20-19(21,22)16-4-3-15(8-24-16)25-11-18(12-25)9-17(10-18,13-26)6-14-2-1-5-23-7-14/h1-5,7-8,26H,6,9-13H2. The predicted octanol–water partition coefficient (Wildman–Crippen LogP) is 3.32. The summed E-state index contributed by atoms with van der Waals surface area (Å²) in [6.45, 7) is 1.75. The van der Waals surface area contributed by atoms with Gasteiger partial charge in [-0.1, -0.05) is 6.07 Å². The number of halogens is 3. The Balaban J connectivity index is 1.36. The largest absolute Gasteiger partial charge is 0.433 e. The summed E-state index contributed by atoms with van der Waals surface area (Å²) in [4.78, 5) is 9.72. The smallest absolute Gasteiger partial charge is 0.396 e. The minimum atomic E-state index is -4.41. The molecule has 2 aromatic rings. The molecule has 0 amide bonds. The fraction of sp³-hybridized carbons (Fsp3) is 0.474. The quantitative estimate of drug-likeness (QED) is 0.905. The highest BCUT2D eigenvalue weighted by Crippen LogP contribution is 2.60. The molecule has 0 atom stereocenters. The molecule has 1 saturated heterocycles. The van der Waals surface area contributed by atoms with Crippen LogP contribution in [0.5, 0.6) is 0 Å². The molecule has 138 valence electrons. The molecular weight excluding hydrogens is 343 g/mol. The van der Waals surface area contributed by atoms with E-state index in [1.807, 2.05) is 18.3 Å². The molecule has 7 heteroatoms. The van der Waals surface area contributed by atoms with Gasteiger partial charge in [-0.3, -0.25) is 4.98 Å². The molecule has 1 N–H and O–H groups in total. The highest BCUT2D eigenvalue weighted by Gasteiger charge is 2.59. The fourth-order valence-corrected chi connectivity index (χ4v) is 4.68. The van der Waals surface area contributed by atoms with Crippen molar-refractivity contribution in [1.29, 1.82) is 0 Å². The molecule has 2 aliphatic rings. The number of alkyl halides is 3. The molecule has 4 rings (SSSR count). The second-order valence-corrected chi connectivity index (χ2v) is 7.81. The van der Waals surface area contributed by atoms with Crippen LogP contribution >= 0.6 is 0 Å². The van der Waals surface area contributed by atoms with Crippen LogP contribution in [0.4, 0.5) is 18.9 Å². The minimum absolute atomic E-state index is 0.104. The van der Waals surface area contributed by atoms with Gasteiger partial charge in [0.2, 0.25) is 0 Å². The summed E-state index contributed by atoms with van der Waals surface area (Å²) in [5, 5.41) is 9.89. The van der Waals surface area contributed by atoms with E-state index in [0.717, 1.165) is 49.7 Å². The van der Waals surface area contributed by atoms with Gasteiger partial charge >= 0.3 is 6.18 Å². The summed E-state index contributed by atoms with van der Waals surface area (Å²) in [5.74, 6) is 0. The lowest BCUT2D eigenvalue weighted by Crippen LogP contribution is -2.67. The summed E-state index contributed by atoms with van der Waals surface area (Å²) in [6, 6.07) is 6.44. The van der Waals surface area contributed by atoms with E-state index < -0.39 is 11.9 Å². The van der Waals surface area contributed by atoms with Crippen LogP contribution in [-0.2, 0) is 12.6 Å². The van der Waals surface area contributed by atoms with Gasteiger partial charge in [-0.2, -0.15) is 13.2 Å². The van der Waals surface area contributed by atoms with E-state index >= 15 is 0 Å². The van der Waals surface area contributed by atoms with Crippen molar-refractivity contribution in [3.05, 3.63) is 54.1 Å². The van der Waals surface area contributed by atoms with E-state index in [4.69, 9.17) is 0 Å². The zero-order valence-electron chi connectivity index (χ0n) is 14.2. The van der Waals surface area contributed by atoms with Gasteiger partial charge in [0.1, 0.15) is 5.69 Å². The van der Waals surface area contributed by atoms with Crippen molar-refractivity contribution < 1.29 is 18.3 Å². The Labute approximate surface area is 149 Å². The van der Waals surface area contributed by atoms with E-state index in [9.17, 15) is 18.3 Å². The van der Waals surface area contributed by atoms with E-state index in [-0.39, 0.29) is 17.4 Å². The lowest BCUT2D eigenvalue weighted by Gasteiger charge is -2.64. The summed E-state index contributed by atoms with van der Waals surface area (Å²) >= 11 is 0. The van der Waals surface area contributed by atoms with Crippen LogP contribution < -0.4 is 4.90 Å². The third-order valence-electron chi connectivity index (χ3n) is 5.59. The van der Waals surface area contributed by atoms with E-state index in [1.165, 1.54) is 12.3 Å². The lowest BCUT2D eigenvalue weighted by atomic mass is 9.48. The molecule has 1 aliphatic heterocycles. The molecule has 1 aliphatic carbocycles. The van der Waals surface area contributed by atoms with Crippen molar-refractivity contribution in [3.8, 4) is 0 Å². The van der Waals surface area contributed by atoms with Crippen molar-refractivity contribution >= 4 is 5.69 Å². The average Bonchev–Trinajstić information content (AvgIpc) is 2.56. The molecule has 0 bridgehead atoms. The fourth-order valence-electron chi connectivity index (χ4n) is 4.68. The van der Waals surface area contributed by atoms with Crippen molar-refractivity contribution in [1.82, 2.24) is 9.97 Å². The monoisotopic (exact) mass is 363 g/mol. The van der Waals surface area contributed by atoms with Crippen LogP contribution in [0.1, 0.15) is 24.1 Å². The number of pyridine rings is 2. The van der Waals surface area contributed by atoms with Crippen LogP contribution in [0.3, 0.4) is 0 Å². The molecule has 26 heavy (non-hydrogen) atoms. The first kappa shape index (κ1) is 17.3. The van der Waals surface area contributed by atoms with Gasteiger partial charge < -0.3 is 10.0 Å². The molecule has 2 aromatic heterocycles. The second-order valence-electron chi connectivity index (χ2n) is 7.81. The lowest BCUT2D eigenvalue weighted by molar-refractivity contribution is -0.141. The van der Waals surface area contributed by atoms with Crippen LogP contribution in [0.2, 0.25) is 0 Å². The van der Waals surface area contributed by atoms with E-state index in [0.29, 0.717) is 0 Å². The number of aromatic nitrogens is 2. The number of anilines is 1. The highest BCUT2D eigenvalue weighted by atomic mass is 19.4. The third-order valence-corrected chi connectivity index (χ3v) is 5.59. The minimum Gasteiger partial charge on any atom is -0.396 e. The van der Waals surface area contributed by atoms with Gasteiger partial charge in [-0.05, 0) is 48.4 Å². The van der Waals surface area contributed by atoms with Gasteiger partial charge in [0, 0.05) is 37.5 Å². The first-order chi connectivity index (χ1) is 12.3. The zero-order chi connectivity index (χ0) is 18.4. The summed E-state index contributed by atoms with van der Waals surface area (Å²) < 4.78 is 37.8. The zero-order valence-corrected chi connectivity index (χ0v) is 14.2. The summed E-state index contributed by atoms with van der Waals surface area (Å²) in [7, 11) is 0. The highest BCUT2D eigenvalue weighted by molar-refractivity contribution is 5.49. The average molecular weight is 363 g/mol. The molecule has 3 heterocycles. The Morgan fingerprint density at radius 1 is 1.12 bits per heavy atom. The normalized spacial score (nSPS) is 20.5. The molecular formula is C19H20F3N3O. The number of aliphatic hydroxyl groups excluding tert-OH is 1. The summed E-state index contributed by atoms with van der Waals surface area (Å²) in [6.07, 6.45) is 3.12. The SMILES string of the molecule is OCC1(Cc2cccnc2)CC2(CN(c3ccc(C(F)(F)F)nc3)C2)C1. The Bertz CT molecular complexity index is 763. The van der Waals surface area contributed by atoms with Gasteiger partial charge in [-0.15, -0.1) is 0 Å². The Hall–Kier alpha value is -2.15. The van der Waals surface area contributed by atoms with Crippen molar-refractivity contribution in [2.45, 2.75) is 25.4 Å². The van der Waals surface area contributed by atoms with Gasteiger partial charge in [0.15, 0.2) is 0 Å². The van der Waals surface area contributed by atoms with Gasteiger partial charge in [0.05, 0.1) is 11.9 Å². The molecule has 4 nitrogen and oxygen atoms in total.